The van der Waals surface area contributed by atoms with Crippen LogP contribution in [0, 0.1) is 16.7 Å². The molecule has 0 amide bonds. The smallest absolute Gasteiger partial charge is 0.417 e. The Bertz CT molecular complexity index is 2410. The number of furan rings is 1. The van der Waals surface area contributed by atoms with Crippen molar-refractivity contribution in [2.24, 2.45) is 5.41 Å². The number of aromatic nitrogens is 2. The fraction of sp³-hybridized carbons (Fsp3) is 0.146. The lowest BCUT2D eigenvalue weighted by Crippen LogP contribution is -2.71. The van der Waals surface area contributed by atoms with Gasteiger partial charge in [-0.15, -0.1) is 9.13 Å². The summed E-state index contributed by atoms with van der Waals surface area (Å²) in [6, 6.07) is 40.8. The zero-order valence-electron chi connectivity index (χ0n) is 25.5. The molecule has 4 nitrogen and oxygen atoms in total. The standard InChI is InChI=1S/C41H31N3O/c1-40(2,3)23-26-16-21-34-31-13-7-8-14-32(31)41(44(34)25-26)33-20-19-30-29-18-17-28(24-42)36(27-11-5-4-6-12-27)38(29)45-39(30)37(33)35-15-9-10-22-43(35)41/h4-22,25H,23H2,1-3H3/q+2. The van der Waals surface area contributed by atoms with Gasteiger partial charge in [-0.1, -0.05) is 63.2 Å². The molecule has 2 aliphatic heterocycles. The molecular weight excluding hydrogens is 550 g/mol. The number of hydrogen-bond acceptors (Lipinski definition) is 2. The summed E-state index contributed by atoms with van der Waals surface area (Å²) in [6.07, 6.45) is 5.56. The van der Waals surface area contributed by atoms with Gasteiger partial charge >= 0.3 is 5.66 Å². The van der Waals surface area contributed by atoms with Crippen molar-refractivity contribution in [3.63, 3.8) is 0 Å². The zero-order valence-corrected chi connectivity index (χ0v) is 25.5. The molecule has 214 valence electrons. The number of fused-ring (bicyclic) bond motifs is 14. The molecule has 3 aromatic heterocycles. The van der Waals surface area contributed by atoms with Crippen molar-refractivity contribution in [2.75, 3.05) is 0 Å². The van der Waals surface area contributed by atoms with E-state index in [0.717, 1.165) is 50.7 Å². The molecule has 0 bridgehead atoms. The summed E-state index contributed by atoms with van der Waals surface area (Å²) in [6.45, 7) is 6.89. The van der Waals surface area contributed by atoms with Gasteiger partial charge in [-0.2, -0.15) is 5.26 Å². The van der Waals surface area contributed by atoms with E-state index in [1.807, 2.05) is 42.5 Å². The minimum Gasteiger partial charge on any atom is -0.454 e. The topological polar surface area (TPSA) is 44.7 Å². The van der Waals surface area contributed by atoms with Gasteiger partial charge in [0.25, 0.3) is 0 Å². The molecule has 1 unspecified atom stereocenters. The van der Waals surface area contributed by atoms with Crippen LogP contribution in [-0.4, -0.2) is 0 Å². The summed E-state index contributed by atoms with van der Waals surface area (Å²) < 4.78 is 11.9. The average molecular weight is 582 g/mol. The van der Waals surface area contributed by atoms with Crippen LogP contribution >= 0.6 is 0 Å². The first-order chi connectivity index (χ1) is 21.9. The minimum absolute atomic E-state index is 0.158. The molecule has 4 aromatic carbocycles. The predicted molar refractivity (Wildman–Crippen MR) is 176 cm³/mol. The maximum Gasteiger partial charge on any atom is 0.417 e. The fourth-order valence-corrected chi connectivity index (χ4v) is 7.90. The van der Waals surface area contributed by atoms with E-state index in [0.29, 0.717) is 5.56 Å². The van der Waals surface area contributed by atoms with Gasteiger partial charge in [0.05, 0.1) is 17.2 Å². The van der Waals surface area contributed by atoms with Gasteiger partial charge in [0.15, 0.2) is 12.4 Å². The second-order valence-electron chi connectivity index (χ2n) is 13.5. The van der Waals surface area contributed by atoms with Gasteiger partial charge in [0, 0.05) is 40.1 Å². The Morgan fingerprint density at radius 1 is 0.689 bits per heavy atom. The molecular formula is C41H31N3O+2. The van der Waals surface area contributed by atoms with Crippen molar-refractivity contribution in [1.82, 2.24) is 0 Å². The Morgan fingerprint density at radius 2 is 1.42 bits per heavy atom. The Hall–Kier alpha value is -5.53. The van der Waals surface area contributed by atoms with Gasteiger partial charge in [0.2, 0.25) is 11.4 Å². The van der Waals surface area contributed by atoms with Crippen molar-refractivity contribution in [3.8, 4) is 39.7 Å². The van der Waals surface area contributed by atoms with Crippen LogP contribution in [0.5, 0.6) is 0 Å². The highest BCUT2D eigenvalue weighted by atomic mass is 16.3. The van der Waals surface area contributed by atoms with Crippen LogP contribution in [0.2, 0.25) is 0 Å². The lowest BCUT2D eigenvalue weighted by molar-refractivity contribution is -0.955. The van der Waals surface area contributed by atoms with Crippen molar-refractivity contribution in [2.45, 2.75) is 32.9 Å². The van der Waals surface area contributed by atoms with Crippen molar-refractivity contribution < 1.29 is 13.6 Å². The van der Waals surface area contributed by atoms with E-state index in [1.54, 1.807) is 0 Å². The maximum atomic E-state index is 10.1. The van der Waals surface area contributed by atoms with Crippen LogP contribution in [0.4, 0.5) is 0 Å². The summed E-state index contributed by atoms with van der Waals surface area (Å²) in [7, 11) is 0. The predicted octanol–water partition coefficient (Wildman–Crippen LogP) is 8.55. The number of nitrogens with zero attached hydrogens (tertiary/aromatic N) is 3. The van der Waals surface area contributed by atoms with E-state index in [2.05, 4.69) is 115 Å². The van der Waals surface area contributed by atoms with Gasteiger partial charge in [0.1, 0.15) is 27.9 Å². The van der Waals surface area contributed by atoms with Gasteiger partial charge < -0.3 is 4.42 Å². The number of benzene rings is 4. The van der Waals surface area contributed by atoms with Crippen LogP contribution in [0.1, 0.15) is 43.0 Å². The molecule has 4 heteroatoms. The molecule has 0 N–H and O–H groups in total. The Balaban J connectivity index is 1.41. The molecule has 0 radical (unpaired) electrons. The molecule has 1 spiro atoms. The normalized spacial score (nSPS) is 16.0. The minimum atomic E-state index is -0.612. The van der Waals surface area contributed by atoms with Crippen molar-refractivity contribution in [1.29, 1.82) is 5.26 Å². The molecule has 0 saturated carbocycles. The fourth-order valence-electron chi connectivity index (χ4n) is 7.90. The maximum absolute atomic E-state index is 10.1. The third-order valence-corrected chi connectivity index (χ3v) is 9.50. The highest BCUT2D eigenvalue weighted by Gasteiger charge is 2.67. The molecule has 5 heterocycles. The Labute approximate surface area is 262 Å². The summed E-state index contributed by atoms with van der Waals surface area (Å²) in [4.78, 5) is 0. The lowest BCUT2D eigenvalue weighted by Gasteiger charge is -2.20. The van der Waals surface area contributed by atoms with Crippen LogP contribution in [0.15, 0.2) is 126 Å². The summed E-state index contributed by atoms with van der Waals surface area (Å²) in [5.41, 5.74) is 12.0. The number of pyridine rings is 2. The highest BCUT2D eigenvalue weighted by molar-refractivity contribution is 6.14. The molecule has 7 aromatic rings. The van der Waals surface area contributed by atoms with E-state index in [4.69, 9.17) is 4.42 Å². The van der Waals surface area contributed by atoms with Crippen molar-refractivity contribution >= 4 is 21.9 Å². The van der Waals surface area contributed by atoms with Gasteiger partial charge in [-0.05, 0) is 65.9 Å². The third-order valence-electron chi connectivity index (χ3n) is 9.50. The van der Waals surface area contributed by atoms with E-state index >= 15 is 0 Å². The molecule has 45 heavy (non-hydrogen) atoms. The number of hydrogen-bond donors (Lipinski definition) is 0. The van der Waals surface area contributed by atoms with Gasteiger partial charge in [-0.25, -0.2) is 0 Å². The van der Waals surface area contributed by atoms with E-state index in [1.165, 1.54) is 27.9 Å². The molecule has 2 aliphatic rings. The third kappa shape index (κ3) is 3.41. The van der Waals surface area contributed by atoms with E-state index in [-0.39, 0.29) is 5.41 Å². The van der Waals surface area contributed by atoms with Crippen LogP contribution in [-0.2, 0) is 12.1 Å². The molecule has 0 fully saturated rings. The number of rotatable bonds is 2. The summed E-state index contributed by atoms with van der Waals surface area (Å²) in [5.74, 6) is 0. The Kier molecular flexibility index (Phi) is 5.18. The van der Waals surface area contributed by atoms with Crippen LogP contribution in [0.25, 0.3) is 55.6 Å². The Morgan fingerprint density at radius 3 is 2.22 bits per heavy atom. The SMILES string of the molecule is CC(C)(C)Cc1ccc2[n+](c1)C1(c3ccccc3-2)c2ccc3c(oc4c(-c5ccccc5)c(C#N)ccc43)c2-c2cccc[n+]21. The zero-order chi connectivity index (χ0) is 30.5. The van der Waals surface area contributed by atoms with Crippen LogP contribution < -0.4 is 9.13 Å². The van der Waals surface area contributed by atoms with E-state index < -0.39 is 5.66 Å². The first-order valence-electron chi connectivity index (χ1n) is 15.5. The largest absolute Gasteiger partial charge is 0.454 e. The molecule has 0 aliphatic carbocycles. The molecule has 9 rings (SSSR count). The van der Waals surface area contributed by atoms with Crippen LogP contribution in [0.3, 0.4) is 0 Å². The summed E-state index contributed by atoms with van der Waals surface area (Å²) >= 11 is 0. The summed E-state index contributed by atoms with van der Waals surface area (Å²) in [5, 5.41) is 12.2. The monoisotopic (exact) mass is 581 g/mol. The first kappa shape index (κ1) is 25.9. The molecule has 0 saturated heterocycles. The number of nitriles is 1. The molecule has 1 atom stereocenters. The average Bonchev–Trinajstić information content (AvgIpc) is 3.67. The van der Waals surface area contributed by atoms with E-state index in [9.17, 15) is 5.26 Å². The second kappa shape index (κ2) is 9.00. The quantitative estimate of drug-likeness (QED) is 0.192. The second-order valence-corrected chi connectivity index (χ2v) is 13.5. The first-order valence-corrected chi connectivity index (χ1v) is 15.5. The highest BCUT2D eigenvalue weighted by Crippen LogP contribution is 2.51. The lowest BCUT2D eigenvalue weighted by atomic mass is 9.88. The van der Waals surface area contributed by atoms with Gasteiger partial charge in [-0.3, -0.25) is 0 Å². The van der Waals surface area contributed by atoms with Crippen molar-refractivity contribution in [3.05, 3.63) is 144 Å².